The van der Waals surface area contributed by atoms with E-state index >= 15 is 0 Å². The van der Waals surface area contributed by atoms with Gasteiger partial charge in [0.1, 0.15) is 6.61 Å². The SMILES string of the molecule is Cc1cccc(Cl)c1COc1ccc(/C=N/NC(=O)CCCSc2ccccn2)o1. The number of furan rings is 1. The molecular formula is C22H22ClN3O3S. The highest BCUT2D eigenvalue weighted by Gasteiger charge is 2.07. The molecule has 0 fully saturated rings. The molecule has 0 unspecified atom stereocenters. The summed E-state index contributed by atoms with van der Waals surface area (Å²) in [6, 6.07) is 14.9. The minimum atomic E-state index is -0.148. The molecule has 0 spiro atoms. The summed E-state index contributed by atoms with van der Waals surface area (Å²) in [6.45, 7) is 2.29. The Morgan fingerprint density at radius 3 is 2.97 bits per heavy atom. The number of pyridine rings is 1. The standard InChI is InChI=1S/C22H22ClN3O3S/c1-16-6-4-7-19(23)18(16)15-28-22-11-10-17(29-22)14-25-26-20(27)8-5-13-30-21-9-2-3-12-24-21/h2-4,6-7,9-12,14H,5,8,13,15H2,1H3,(H,26,27)/b25-14+. The van der Waals surface area contributed by atoms with Crippen LogP contribution in [0.2, 0.25) is 5.02 Å². The fourth-order valence-corrected chi connectivity index (χ4v) is 3.62. The Hall–Kier alpha value is -2.77. The molecule has 0 bridgehead atoms. The molecule has 0 aliphatic heterocycles. The number of thioether (sulfide) groups is 1. The van der Waals surface area contributed by atoms with Gasteiger partial charge in [0.2, 0.25) is 5.91 Å². The second-order valence-electron chi connectivity index (χ2n) is 6.39. The Morgan fingerprint density at radius 1 is 1.27 bits per heavy atom. The number of hydrazone groups is 1. The minimum Gasteiger partial charge on any atom is -0.460 e. The average molecular weight is 444 g/mol. The molecule has 0 aliphatic rings. The smallest absolute Gasteiger partial charge is 0.285 e. The molecule has 0 radical (unpaired) electrons. The van der Waals surface area contributed by atoms with Gasteiger partial charge in [0.25, 0.3) is 5.95 Å². The Labute approximate surface area is 184 Å². The zero-order valence-electron chi connectivity index (χ0n) is 16.5. The van der Waals surface area contributed by atoms with Crippen molar-refractivity contribution in [2.75, 3.05) is 5.75 Å². The van der Waals surface area contributed by atoms with Crippen LogP contribution >= 0.6 is 23.4 Å². The lowest BCUT2D eigenvalue weighted by Gasteiger charge is -2.08. The first-order valence-electron chi connectivity index (χ1n) is 9.44. The molecule has 30 heavy (non-hydrogen) atoms. The van der Waals surface area contributed by atoms with Crippen LogP contribution in [0.25, 0.3) is 0 Å². The first-order chi connectivity index (χ1) is 14.6. The van der Waals surface area contributed by atoms with Crippen molar-refractivity contribution in [2.24, 2.45) is 5.10 Å². The maximum absolute atomic E-state index is 11.9. The number of aryl methyl sites for hydroxylation is 1. The molecule has 0 aliphatic carbocycles. The number of benzene rings is 1. The van der Waals surface area contributed by atoms with Crippen LogP contribution in [0.4, 0.5) is 0 Å². The number of hydrogen-bond donors (Lipinski definition) is 1. The van der Waals surface area contributed by atoms with Crippen molar-refractivity contribution in [3.05, 3.63) is 76.6 Å². The first kappa shape index (κ1) is 21.9. The van der Waals surface area contributed by atoms with Crippen molar-refractivity contribution in [1.82, 2.24) is 10.4 Å². The Kier molecular flexibility index (Phi) is 8.35. The van der Waals surface area contributed by atoms with Crippen molar-refractivity contribution < 1.29 is 13.9 Å². The van der Waals surface area contributed by atoms with Gasteiger partial charge in [-0.05, 0) is 48.9 Å². The molecule has 8 heteroatoms. The molecule has 2 aromatic heterocycles. The van der Waals surface area contributed by atoms with E-state index in [0.29, 0.717) is 29.8 Å². The van der Waals surface area contributed by atoms with E-state index in [-0.39, 0.29) is 5.91 Å². The lowest BCUT2D eigenvalue weighted by atomic mass is 10.1. The molecule has 156 valence electrons. The molecule has 3 rings (SSSR count). The Balaban J connectivity index is 1.37. The molecule has 1 aromatic carbocycles. The largest absolute Gasteiger partial charge is 0.460 e. The highest BCUT2D eigenvalue weighted by Crippen LogP contribution is 2.23. The number of aromatic nitrogens is 1. The van der Waals surface area contributed by atoms with E-state index in [4.69, 9.17) is 20.8 Å². The van der Waals surface area contributed by atoms with E-state index in [1.807, 2.05) is 43.3 Å². The van der Waals surface area contributed by atoms with E-state index in [0.717, 1.165) is 28.3 Å². The molecule has 0 saturated heterocycles. The van der Waals surface area contributed by atoms with Gasteiger partial charge in [0.05, 0.1) is 11.2 Å². The van der Waals surface area contributed by atoms with Gasteiger partial charge in [-0.1, -0.05) is 29.8 Å². The van der Waals surface area contributed by atoms with E-state index in [1.165, 1.54) is 6.21 Å². The summed E-state index contributed by atoms with van der Waals surface area (Å²) in [4.78, 5) is 16.1. The number of nitrogens with one attached hydrogen (secondary N) is 1. The van der Waals surface area contributed by atoms with E-state index in [2.05, 4.69) is 15.5 Å². The van der Waals surface area contributed by atoms with Crippen LogP contribution in [0.15, 0.2) is 69.3 Å². The second-order valence-corrected chi connectivity index (χ2v) is 7.92. The first-order valence-corrected chi connectivity index (χ1v) is 10.8. The molecule has 2 heterocycles. The summed E-state index contributed by atoms with van der Waals surface area (Å²) in [5, 5.41) is 5.54. The van der Waals surface area contributed by atoms with Gasteiger partial charge in [-0.25, -0.2) is 10.4 Å². The third-order valence-corrected chi connectivity index (χ3v) is 5.52. The fourth-order valence-electron chi connectivity index (χ4n) is 2.54. The highest BCUT2D eigenvalue weighted by molar-refractivity contribution is 7.99. The van der Waals surface area contributed by atoms with Crippen molar-refractivity contribution in [3.8, 4) is 5.95 Å². The molecule has 0 atom stereocenters. The van der Waals surface area contributed by atoms with Crippen LogP contribution in [0.1, 0.15) is 29.7 Å². The summed E-state index contributed by atoms with van der Waals surface area (Å²) >= 11 is 7.82. The summed E-state index contributed by atoms with van der Waals surface area (Å²) in [5.41, 5.74) is 4.47. The van der Waals surface area contributed by atoms with Gasteiger partial charge in [0.15, 0.2) is 5.76 Å². The summed E-state index contributed by atoms with van der Waals surface area (Å²) in [5.74, 6) is 1.50. The normalized spacial score (nSPS) is 11.0. The fraction of sp³-hybridized carbons (Fsp3) is 0.227. The number of hydrogen-bond acceptors (Lipinski definition) is 6. The van der Waals surface area contributed by atoms with Gasteiger partial charge < -0.3 is 9.15 Å². The Morgan fingerprint density at radius 2 is 2.17 bits per heavy atom. The Bertz CT molecular complexity index is 972. The maximum Gasteiger partial charge on any atom is 0.285 e. The van der Waals surface area contributed by atoms with Crippen LogP contribution < -0.4 is 10.2 Å². The van der Waals surface area contributed by atoms with Crippen molar-refractivity contribution in [3.63, 3.8) is 0 Å². The van der Waals surface area contributed by atoms with Crippen LogP contribution in [-0.2, 0) is 11.4 Å². The molecule has 0 saturated carbocycles. The third kappa shape index (κ3) is 6.93. The van der Waals surface area contributed by atoms with Crippen molar-refractivity contribution >= 4 is 35.5 Å². The number of ether oxygens (including phenoxy) is 1. The van der Waals surface area contributed by atoms with Crippen molar-refractivity contribution in [2.45, 2.75) is 31.4 Å². The van der Waals surface area contributed by atoms with Crippen LogP contribution in [-0.4, -0.2) is 22.9 Å². The summed E-state index contributed by atoms with van der Waals surface area (Å²) < 4.78 is 11.2. The minimum absolute atomic E-state index is 0.148. The topological polar surface area (TPSA) is 76.7 Å². The lowest BCUT2D eigenvalue weighted by Crippen LogP contribution is -2.17. The van der Waals surface area contributed by atoms with Gasteiger partial charge in [-0.2, -0.15) is 5.10 Å². The maximum atomic E-state index is 11.9. The molecule has 6 nitrogen and oxygen atoms in total. The number of halogens is 1. The van der Waals surface area contributed by atoms with E-state index in [1.54, 1.807) is 30.1 Å². The van der Waals surface area contributed by atoms with Crippen LogP contribution in [0, 0.1) is 6.92 Å². The number of rotatable bonds is 10. The van der Waals surface area contributed by atoms with Gasteiger partial charge in [-0.3, -0.25) is 4.79 Å². The number of nitrogens with zero attached hydrogens (tertiary/aromatic N) is 2. The monoisotopic (exact) mass is 443 g/mol. The highest BCUT2D eigenvalue weighted by atomic mass is 35.5. The third-order valence-electron chi connectivity index (χ3n) is 4.13. The molecular weight excluding hydrogens is 422 g/mol. The zero-order chi connectivity index (χ0) is 21.2. The van der Waals surface area contributed by atoms with E-state index < -0.39 is 0 Å². The van der Waals surface area contributed by atoms with Gasteiger partial charge >= 0.3 is 0 Å². The summed E-state index contributed by atoms with van der Waals surface area (Å²) in [7, 11) is 0. The zero-order valence-corrected chi connectivity index (χ0v) is 18.1. The van der Waals surface area contributed by atoms with E-state index in [9.17, 15) is 4.79 Å². The van der Waals surface area contributed by atoms with Gasteiger partial charge in [0, 0.05) is 29.3 Å². The predicted octanol–water partition coefficient (Wildman–Crippen LogP) is 5.24. The van der Waals surface area contributed by atoms with Crippen LogP contribution in [0.3, 0.4) is 0 Å². The predicted molar refractivity (Wildman–Crippen MR) is 119 cm³/mol. The average Bonchev–Trinajstić information content (AvgIpc) is 3.19. The molecule has 1 amide bonds. The molecule has 1 N–H and O–H groups in total. The van der Waals surface area contributed by atoms with Gasteiger partial charge in [-0.15, -0.1) is 11.8 Å². The summed E-state index contributed by atoms with van der Waals surface area (Å²) in [6.07, 6.45) is 4.32. The number of carbonyl (C=O) groups excluding carboxylic acids is 1. The number of amides is 1. The number of carbonyl (C=O) groups is 1. The quantitative estimate of drug-likeness (QED) is 0.201. The second kappa shape index (κ2) is 11.4. The molecule has 3 aromatic rings. The van der Waals surface area contributed by atoms with Crippen LogP contribution in [0.5, 0.6) is 5.95 Å². The lowest BCUT2D eigenvalue weighted by molar-refractivity contribution is -0.121. The van der Waals surface area contributed by atoms with Crippen molar-refractivity contribution in [1.29, 1.82) is 0 Å².